The summed E-state index contributed by atoms with van der Waals surface area (Å²) in [6, 6.07) is 0. The molecule has 0 unspecified atom stereocenters. The van der Waals surface area contributed by atoms with Gasteiger partial charge < -0.3 is 14.7 Å². The molecule has 3 amide bonds. The molecular formula is C14H24N4O3. The lowest BCUT2D eigenvalue weighted by atomic mass is 10.2. The van der Waals surface area contributed by atoms with Crippen LogP contribution in [0.25, 0.3) is 0 Å². The number of hydrogen-bond acceptors (Lipinski definition) is 4. The first-order chi connectivity index (χ1) is 9.97. The average molecular weight is 296 g/mol. The van der Waals surface area contributed by atoms with Crippen LogP contribution in [0.2, 0.25) is 0 Å². The lowest BCUT2D eigenvalue weighted by Gasteiger charge is -2.37. The summed E-state index contributed by atoms with van der Waals surface area (Å²) in [5.74, 6) is 0.290. The Kier molecular flexibility index (Phi) is 5.17. The lowest BCUT2D eigenvalue weighted by molar-refractivity contribution is -0.140. The molecule has 0 saturated carbocycles. The summed E-state index contributed by atoms with van der Waals surface area (Å²) < 4.78 is 0. The van der Waals surface area contributed by atoms with Crippen molar-refractivity contribution in [1.82, 2.24) is 19.6 Å². The van der Waals surface area contributed by atoms with Crippen LogP contribution in [0.15, 0.2) is 0 Å². The van der Waals surface area contributed by atoms with Gasteiger partial charge in [-0.3, -0.25) is 19.3 Å². The van der Waals surface area contributed by atoms with Crippen molar-refractivity contribution in [2.24, 2.45) is 0 Å². The van der Waals surface area contributed by atoms with E-state index in [2.05, 4.69) is 4.90 Å². The predicted octanol–water partition coefficient (Wildman–Crippen LogP) is -1.16. The van der Waals surface area contributed by atoms with Gasteiger partial charge in [-0.25, -0.2) is 0 Å². The molecule has 2 fully saturated rings. The summed E-state index contributed by atoms with van der Waals surface area (Å²) in [4.78, 5) is 42.3. The molecule has 21 heavy (non-hydrogen) atoms. The molecule has 2 rings (SSSR count). The Morgan fingerprint density at radius 2 is 1.05 bits per heavy atom. The lowest BCUT2D eigenvalue weighted by Crippen LogP contribution is -2.54. The monoisotopic (exact) mass is 296 g/mol. The Hall–Kier alpha value is -1.63. The summed E-state index contributed by atoms with van der Waals surface area (Å²) in [6.07, 6.45) is 0. The van der Waals surface area contributed by atoms with Crippen LogP contribution in [0.1, 0.15) is 13.8 Å². The standard InChI is InChI=1S/C14H24N4O3/c1-12(19)16-5-3-15(4-6-16)11-14(21)18-9-7-17(8-10-18)13(2)20/h3-11H2,1-2H3. The number of carbonyl (C=O) groups excluding carboxylic acids is 3. The molecule has 0 aromatic carbocycles. The minimum Gasteiger partial charge on any atom is -0.340 e. The highest BCUT2D eigenvalue weighted by atomic mass is 16.2. The van der Waals surface area contributed by atoms with Gasteiger partial charge in [0.15, 0.2) is 0 Å². The van der Waals surface area contributed by atoms with E-state index in [1.807, 2.05) is 9.80 Å². The largest absolute Gasteiger partial charge is 0.340 e. The average Bonchev–Trinajstić information content (AvgIpc) is 2.47. The van der Waals surface area contributed by atoms with E-state index < -0.39 is 0 Å². The zero-order chi connectivity index (χ0) is 15.4. The maximum Gasteiger partial charge on any atom is 0.236 e. The summed E-state index contributed by atoms with van der Waals surface area (Å²) >= 11 is 0. The number of nitrogens with zero attached hydrogens (tertiary/aromatic N) is 4. The van der Waals surface area contributed by atoms with Gasteiger partial charge in [0.2, 0.25) is 17.7 Å². The first kappa shape index (κ1) is 15.8. The van der Waals surface area contributed by atoms with Crippen molar-refractivity contribution in [3.8, 4) is 0 Å². The van der Waals surface area contributed by atoms with Crippen LogP contribution in [0, 0.1) is 0 Å². The van der Waals surface area contributed by atoms with Crippen LogP contribution < -0.4 is 0 Å². The molecule has 2 heterocycles. The number of rotatable bonds is 2. The van der Waals surface area contributed by atoms with Gasteiger partial charge in [-0.1, -0.05) is 0 Å². The van der Waals surface area contributed by atoms with Crippen molar-refractivity contribution >= 4 is 17.7 Å². The Morgan fingerprint density at radius 1 is 0.667 bits per heavy atom. The number of piperazine rings is 2. The zero-order valence-electron chi connectivity index (χ0n) is 12.9. The molecule has 0 radical (unpaired) electrons. The molecule has 118 valence electrons. The molecule has 7 nitrogen and oxygen atoms in total. The molecule has 7 heteroatoms. The Labute approximate surface area is 125 Å². The van der Waals surface area contributed by atoms with Gasteiger partial charge in [0, 0.05) is 66.2 Å². The van der Waals surface area contributed by atoms with E-state index in [1.54, 1.807) is 18.7 Å². The molecule has 2 aliphatic heterocycles. The van der Waals surface area contributed by atoms with Crippen molar-refractivity contribution in [2.45, 2.75) is 13.8 Å². The van der Waals surface area contributed by atoms with Crippen molar-refractivity contribution < 1.29 is 14.4 Å². The fourth-order valence-corrected chi connectivity index (χ4v) is 2.78. The van der Waals surface area contributed by atoms with E-state index in [0.717, 1.165) is 13.1 Å². The second-order valence-corrected chi connectivity index (χ2v) is 5.67. The molecule has 0 aromatic heterocycles. The predicted molar refractivity (Wildman–Crippen MR) is 77.5 cm³/mol. The fraction of sp³-hybridized carbons (Fsp3) is 0.786. The smallest absolute Gasteiger partial charge is 0.236 e. The normalized spacial score (nSPS) is 20.6. The summed E-state index contributed by atoms with van der Waals surface area (Å²) in [7, 11) is 0. The van der Waals surface area contributed by atoms with Crippen molar-refractivity contribution in [2.75, 3.05) is 58.9 Å². The Morgan fingerprint density at radius 3 is 1.48 bits per heavy atom. The highest BCUT2D eigenvalue weighted by Crippen LogP contribution is 2.06. The van der Waals surface area contributed by atoms with Gasteiger partial charge in [-0.2, -0.15) is 0 Å². The van der Waals surface area contributed by atoms with Crippen LogP contribution in [0.5, 0.6) is 0 Å². The molecule has 0 aliphatic carbocycles. The molecule has 2 aliphatic rings. The van der Waals surface area contributed by atoms with Gasteiger partial charge in [0.1, 0.15) is 0 Å². The quantitative estimate of drug-likeness (QED) is 0.645. The minimum absolute atomic E-state index is 0.0717. The maximum absolute atomic E-state index is 12.3. The highest BCUT2D eigenvalue weighted by Gasteiger charge is 2.25. The topological polar surface area (TPSA) is 64.2 Å². The van der Waals surface area contributed by atoms with E-state index >= 15 is 0 Å². The second-order valence-electron chi connectivity index (χ2n) is 5.67. The molecule has 0 aromatic rings. The Bertz CT molecular complexity index is 410. The van der Waals surface area contributed by atoms with Crippen LogP contribution in [-0.4, -0.2) is 96.2 Å². The third-order valence-electron chi connectivity index (χ3n) is 4.25. The van der Waals surface area contributed by atoms with Gasteiger partial charge in [-0.15, -0.1) is 0 Å². The SMILES string of the molecule is CC(=O)N1CCN(CC(=O)N2CCN(C(C)=O)CC2)CC1. The first-order valence-electron chi connectivity index (χ1n) is 7.48. The Balaban J connectivity index is 1.73. The summed E-state index contributed by atoms with van der Waals surface area (Å²) in [5.41, 5.74) is 0. The molecule has 0 spiro atoms. The zero-order valence-corrected chi connectivity index (χ0v) is 12.9. The van der Waals surface area contributed by atoms with E-state index in [0.29, 0.717) is 45.8 Å². The van der Waals surface area contributed by atoms with E-state index in [-0.39, 0.29) is 17.7 Å². The first-order valence-corrected chi connectivity index (χ1v) is 7.48. The van der Waals surface area contributed by atoms with E-state index in [1.165, 1.54) is 0 Å². The van der Waals surface area contributed by atoms with Crippen molar-refractivity contribution in [3.63, 3.8) is 0 Å². The van der Waals surface area contributed by atoms with Gasteiger partial charge >= 0.3 is 0 Å². The highest BCUT2D eigenvalue weighted by molar-refractivity contribution is 5.79. The summed E-state index contributed by atoms with van der Waals surface area (Å²) in [5, 5.41) is 0. The van der Waals surface area contributed by atoms with E-state index in [4.69, 9.17) is 0 Å². The van der Waals surface area contributed by atoms with Crippen molar-refractivity contribution in [3.05, 3.63) is 0 Å². The minimum atomic E-state index is 0.0717. The summed E-state index contributed by atoms with van der Waals surface area (Å²) in [6.45, 7) is 8.92. The van der Waals surface area contributed by atoms with E-state index in [9.17, 15) is 14.4 Å². The molecule has 0 N–H and O–H groups in total. The van der Waals surface area contributed by atoms with Gasteiger partial charge in [0.05, 0.1) is 6.54 Å². The maximum atomic E-state index is 12.3. The van der Waals surface area contributed by atoms with Gasteiger partial charge in [0.25, 0.3) is 0 Å². The molecule has 0 bridgehead atoms. The fourth-order valence-electron chi connectivity index (χ4n) is 2.78. The third-order valence-corrected chi connectivity index (χ3v) is 4.25. The number of hydrogen-bond donors (Lipinski definition) is 0. The molecule has 2 saturated heterocycles. The third kappa shape index (κ3) is 4.17. The van der Waals surface area contributed by atoms with Crippen molar-refractivity contribution in [1.29, 1.82) is 0 Å². The second kappa shape index (κ2) is 6.89. The number of amides is 3. The van der Waals surface area contributed by atoms with Crippen LogP contribution in [0.3, 0.4) is 0 Å². The molecule has 0 atom stereocenters. The van der Waals surface area contributed by atoms with Gasteiger partial charge in [-0.05, 0) is 0 Å². The molecular weight excluding hydrogens is 272 g/mol. The van der Waals surface area contributed by atoms with Crippen LogP contribution in [-0.2, 0) is 14.4 Å². The van der Waals surface area contributed by atoms with Crippen LogP contribution in [0.4, 0.5) is 0 Å². The van der Waals surface area contributed by atoms with Crippen LogP contribution >= 0.6 is 0 Å². The number of carbonyl (C=O) groups is 3.